The third kappa shape index (κ3) is 1.82. The lowest BCUT2D eigenvalue weighted by Gasteiger charge is -2.03. The van der Waals surface area contributed by atoms with Crippen LogP contribution < -0.4 is 4.74 Å². The Bertz CT molecular complexity index is 562. The van der Waals surface area contributed by atoms with Crippen LogP contribution in [0.4, 0.5) is 0 Å². The number of aromatic nitrogens is 3. The molecule has 0 N–H and O–H groups in total. The standard InChI is InChI=1S/C11H13N3O3/c1-4-17-11(15)8-7(2)13-9-10(16-3)12-5-6-14(8)9/h5-6H,4H2,1-3H3. The Morgan fingerprint density at radius 3 is 2.94 bits per heavy atom. The summed E-state index contributed by atoms with van der Waals surface area (Å²) in [5.74, 6) is -0.0168. The van der Waals surface area contributed by atoms with Crippen LogP contribution in [-0.4, -0.2) is 34.1 Å². The molecule has 2 heterocycles. The van der Waals surface area contributed by atoms with Crippen molar-refractivity contribution in [2.45, 2.75) is 13.8 Å². The first-order valence-electron chi connectivity index (χ1n) is 5.23. The van der Waals surface area contributed by atoms with E-state index in [0.717, 1.165) is 0 Å². The van der Waals surface area contributed by atoms with E-state index >= 15 is 0 Å². The molecule has 0 aromatic carbocycles. The second-order valence-corrected chi connectivity index (χ2v) is 3.40. The van der Waals surface area contributed by atoms with Crippen molar-refractivity contribution < 1.29 is 14.3 Å². The van der Waals surface area contributed by atoms with E-state index < -0.39 is 5.97 Å². The summed E-state index contributed by atoms with van der Waals surface area (Å²) in [4.78, 5) is 20.1. The smallest absolute Gasteiger partial charge is 0.357 e. The van der Waals surface area contributed by atoms with E-state index in [-0.39, 0.29) is 0 Å². The molecule has 6 heteroatoms. The van der Waals surface area contributed by atoms with Gasteiger partial charge in [0.1, 0.15) is 0 Å². The van der Waals surface area contributed by atoms with E-state index in [4.69, 9.17) is 9.47 Å². The molecule has 0 saturated carbocycles. The molecule has 0 aliphatic heterocycles. The lowest BCUT2D eigenvalue weighted by atomic mass is 10.3. The summed E-state index contributed by atoms with van der Waals surface area (Å²) in [6.45, 7) is 3.84. The molecule has 0 unspecified atom stereocenters. The number of rotatable bonds is 3. The zero-order valence-electron chi connectivity index (χ0n) is 9.93. The van der Waals surface area contributed by atoms with Crippen molar-refractivity contribution in [1.29, 1.82) is 0 Å². The molecule has 17 heavy (non-hydrogen) atoms. The van der Waals surface area contributed by atoms with Gasteiger partial charge in [0.05, 0.1) is 19.4 Å². The van der Waals surface area contributed by atoms with Crippen LogP contribution in [0.3, 0.4) is 0 Å². The maximum atomic E-state index is 11.8. The van der Waals surface area contributed by atoms with Crippen molar-refractivity contribution in [2.24, 2.45) is 0 Å². The normalized spacial score (nSPS) is 10.5. The third-order valence-corrected chi connectivity index (χ3v) is 2.35. The summed E-state index contributed by atoms with van der Waals surface area (Å²) >= 11 is 0. The average Bonchev–Trinajstić information content (AvgIpc) is 2.65. The minimum atomic E-state index is -0.397. The van der Waals surface area contributed by atoms with E-state index in [0.29, 0.717) is 29.5 Å². The highest BCUT2D eigenvalue weighted by atomic mass is 16.5. The van der Waals surface area contributed by atoms with Gasteiger partial charge in [0, 0.05) is 12.4 Å². The highest BCUT2D eigenvalue weighted by molar-refractivity contribution is 5.90. The Morgan fingerprint density at radius 1 is 1.53 bits per heavy atom. The fourth-order valence-electron chi connectivity index (χ4n) is 1.66. The van der Waals surface area contributed by atoms with Crippen LogP contribution in [0.1, 0.15) is 23.1 Å². The molecule has 0 aliphatic rings. The SMILES string of the molecule is CCOC(=O)c1c(C)nc2c(OC)nccn12. The fourth-order valence-corrected chi connectivity index (χ4v) is 1.66. The van der Waals surface area contributed by atoms with Crippen LogP contribution in [0, 0.1) is 6.92 Å². The lowest BCUT2D eigenvalue weighted by Crippen LogP contribution is -2.09. The summed E-state index contributed by atoms with van der Waals surface area (Å²) in [7, 11) is 1.51. The molecule has 2 aromatic heterocycles. The molecule has 0 amide bonds. The van der Waals surface area contributed by atoms with E-state index in [1.807, 2.05) is 0 Å². The molecule has 0 saturated heterocycles. The number of carbonyl (C=O) groups excluding carboxylic acids is 1. The Balaban J connectivity index is 2.64. The lowest BCUT2D eigenvalue weighted by molar-refractivity contribution is 0.0517. The molecule has 6 nitrogen and oxygen atoms in total. The van der Waals surface area contributed by atoms with Gasteiger partial charge in [-0.05, 0) is 13.8 Å². The Hall–Kier alpha value is -2.11. The van der Waals surface area contributed by atoms with Gasteiger partial charge >= 0.3 is 5.97 Å². The maximum Gasteiger partial charge on any atom is 0.357 e. The van der Waals surface area contributed by atoms with Gasteiger partial charge in [0.2, 0.25) is 5.65 Å². The molecule has 0 bridgehead atoms. The van der Waals surface area contributed by atoms with Gasteiger partial charge in [0.25, 0.3) is 5.88 Å². The van der Waals surface area contributed by atoms with Crippen molar-refractivity contribution in [3.8, 4) is 5.88 Å². The summed E-state index contributed by atoms with van der Waals surface area (Å²) in [6.07, 6.45) is 3.21. The Labute approximate surface area is 98.2 Å². The first kappa shape index (κ1) is 11.4. The zero-order chi connectivity index (χ0) is 12.4. The second kappa shape index (κ2) is 4.40. The summed E-state index contributed by atoms with van der Waals surface area (Å²) in [5.41, 5.74) is 1.51. The molecule has 0 radical (unpaired) electrons. The minimum Gasteiger partial charge on any atom is -0.478 e. The van der Waals surface area contributed by atoms with Crippen molar-refractivity contribution in [3.05, 3.63) is 23.8 Å². The summed E-state index contributed by atoms with van der Waals surface area (Å²) in [6, 6.07) is 0. The number of nitrogens with zero attached hydrogens (tertiary/aromatic N) is 3. The first-order chi connectivity index (χ1) is 8.19. The largest absolute Gasteiger partial charge is 0.478 e. The highest BCUT2D eigenvalue weighted by Gasteiger charge is 2.19. The number of esters is 1. The van der Waals surface area contributed by atoms with Gasteiger partial charge in [-0.15, -0.1) is 0 Å². The van der Waals surface area contributed by atoms with E-state index in [2.05, 4.69) is 9.97 Å². The van der Waals surface area contributed by atoms with E-state index in [1.54, 1.807) is 30.6 Å². The summed E-state index contributed by atoms with van der Waals surface area (Å²) in [5, 5.41) is 0. The molecular weight excluding hydrogens is 222 g/mol. The molecular formula is C11H13N3O3. The number of hydrogen-bond donors (Lipinski definition) is 0. The van der Waals surface area contributed by atoms with Crippen LogP contribution in [0.25, 0.3) is 5.65 Å². The molecule has 2 aromatic rings. The van der Waals surface area contributed by atoms with E-state index in [9.17, 15) is 4.79 Å². The van der Waals surface area contributed by atoms with Crippen molar-refractivity contribution >= 4 is 11.6 Å². The highest BCUT2D eigenvalue weighted by Crippen LogP contribution is 2.19. The number of carbonyl (C=O) groups is 1. The van der Waals surface area contributed by atoms with Gasteiger partial charge in [-0.2, -0.15) is 0 Å². The van der Waals surface area contributed by atoms with Gasteiger partial charge in [0.15, 0.2) is 5.69 Å². The Kier molecular flexibility index (Phi) is 2.95. The van der Waals surface area contributed by atoms with E-state index in [1.165, 1.54) is 7.11 Å². The molecule has 0 aliphatic carbocycles. The number of fused-ring (bicyclic) bond motifs is 1. The van der Waals surface area contributed by atoms with Crippen molar-refractivity contribution in [3.63, 3.8) is 0 Å². The number of imidazole rings is 1. The van der Waals surface area contributed by atoms with Gasteiger partial charge in [-0.1, -0.05) is 0 Å². The molecule has 0 spiro atoms. The minimum absolute atomic E-state index is 0.327. The van der Waals surface area contributed by atoms with Gasteiger partial charge in [-0.25, -0.2) is 14.8 Å². The molecule has 0 fully saturated rings. The molecule has 2 rings (SSSR count). The zero-order valence-corrected chi connectivity index (χ0v) is 9.93. The van der Waals surface area contributed by atoms with Crippen LogP contribution in [0.2, 0.25) is 0 Å². The fraction of sp³-hybridized carbons (Fsp3) is 0.364. The second-order valence-electron chi connectivity index (χ2n) is 3.40. The van der Waals surface area contributed by atoms with Crippen LogP contribution in [-0.2, 0) is 4.74 Å². The average molecular weight is 235 g/mol. The first-order valence-corrected chi connectivity index (χ1v) is 5.23. The number of methoxy groups -OCH3 is 1. The predicted molar refractivity (Wildman–Crippen MR) is 60.2 cm³/mol. The van der Waals surface area contributed by atoms with Gasteiger partial charge < -0.3 is 9.47 Å². The maximum absolute atomic E-state index is 11.8. The number of aryl methyl sites for hydroxylation is 1. The topological polar surface area (TPSA) is 65.7 Å². The molecule has 90 valence electrons. The number of hydrogen-bond acceptors (Lipinski definition) is 5. The van der Waals surface area contributed by atoms with Crippen LogP contribution in [0.15, 0.2) is 12.4 Å². The monoisotopic (exact) mass is 235 g/mol. The van der Waals surface area contributed by atoms with Crippen molar-refractivity contribution in [1.82, 2.24) is 14.4 Å². The summed E-state index contributed by atoms with van der Waals surface area (Å²) < 4.78 is 11.7. The Morgan fingerprint density at radius 2 is 2.29 bits per heavy atom. The van der Waals surface area contributed by atoms with Crippen LogP contribution in [0.5, 0.6) is 5.88 Å². The quantitative estimate of drug-likeness (QED) is 0.748. The third-order valence-electron chi connectivity index (χ3n) is 2.35. The van der Waals surface area contributed by atoms with Gasteiger partial charge in [-0.3, -0.25) is 4.40 Å². The molecule has 0 atom stereocenters. The number of ether oxygens (including phenoxy) is 2. The predicted octanol–water partition coefficient (Wildman–Crippen LogP) is 1.22. The van der Waals surface area contributed by atoms with Crippen molar-refractivity contribution in [2.75, 3.05) is 13.7 Å². The van der Waals surface area contributed by atoms with Crippen LogP contribution >= 0.6 is 0 Å².